The maximum atomic E-state index is 6.22. The van der Waals surface area contributed by atoms with Gasteiger partial charge in [-0.3, -0.25) is 0 Å². The third-order valence-electron chi connectivity index (χ3n) is 3.04. The van der Waals surface area contributed by atoms with Gasteiger partial charge in [-0.05, 0) is 49.9 Å². The molecule has 1 rings (SSSR count). The molecule has 1 aromatic rings. The molecular formula is C16H21Cl2N. The van der Waals surface area contributed by atoms with E-state index in [9.17, 15) is 0 Å². The molecule has 19 heavy (non-hydrogen) atoms. The van der Waals surface area contributed by atoms with E-state index in [1.54, 1.807) is 6.07 Å². The molecule has 0 saturated carbocycles. The molecule has 1 unspecified atom stereocenters. The molecule has 0 bridgehead atoms. The highest BCUT2D eigenvalue weighted by Crippen LogP contribution is 2.23. The van der Waals surface area contributed by atoms with Crippen LogP contribution < -0.4 is 5.32 Å². The van der Waals surface area contributed by atoms with Crippen LogP contribution in [0.4, 0.5) is 0 Å². The van der Waals surface area contributed by atoms with Gasteiger partial charge in [0.1, 0.15) is 0 Å². The quantitative estimate of drug-likeness (QED) is 0.541. The largest absolute Gasteiger partial charge is 0.314 e. The minimum absolute atomic E-state index is 0.423. The summed E-state index contributed by atoms with van der Waals surface area (Å²) in [6.07, 6.45) is 10.3. The molecule has 1 atom stereocenters. The van der Waals surface area contributed by atoms with Crippen molar-refractivity contribution < 1.29 is 0 Å². The molecule has 0 aliphatic heterocycles. The number of benzene rings is 1. The average Bonchev–Trinajstić information content (AvgIpc) is 2.39. The molecule has 0 heterocycles. The number of unbranched alkanes of at least 4 members (excludes halogenated alkanes) is 1. The normalized spacial score (nSPS) is 12.1. The predicted molar refractivity (Wildman–Crippen MR) is 84.9 cm³/mol. The van der Waals surface area contributed by atoms with Crippen LogP contribution in [0.25, 0.3) is 0 Å². The number of rotatable bonds is 8. The maximum absolute atomic E-state index is 6.22. The summed E-state index contributed by atoms with van der Waals surface area (Å²) in [6, 6.07) is 6.12. The van der Waals surface area contributed by atoms with Gasteiger partial charge in [-0.25, -0.2) is 0 Å². The minimum Gasteiger partial charge on any atom is -0.314 e. The molecule has 0 spiro atoms. The predicted octanol–water partition coefficient (Wildman–Crippen LogP) is 4.71. The average molecular weight is 298 g/mol. The van der Waals surface area contributed by atoms with Gasteiger partial charge in [-0.1, -0.05) is 36.2 Å². The number of halogens is 2. The molecule has 3 heteroatoms. The molecule has 0 fully saturated rings. The van der Waals surface area contributed by atoms with E-state index in [0.29, 0.717) is 11.1 Å². The minimum atomic E-state index is 0.423. The van der Waals surface area contributed by atoms with Gasteiger partial charge in [-0.2, -0.15) is 0 Å². The van der Waals surface area contributed by atoms with Crippen LogP contribution in [0.15, 0.2) is 18.2 Å². The molecule has 1 nitrogen and oxygen atoms in total. The van der Waals surface area contributed by atoms with Crippen molar-refractivity contribution in [3.63, 3.8) is 0 Å². The monoisotopic (exact) mass is 297 g/mol. The molecule has 0 aliphatic rings. The standard InChI is InChI=1S/C16H21Cl2N/c1-3-5-6-7-15(19-10-4-2)11-13-8-9-14(17)12-16(13)18/h1,8-9,12,15,19H,4-7,10-11H2,2H3. The van der Waals surface area contributed by atoms with Crippen LogP contribution >= 0.6 is 23.2 Å². The third kappa shape index (κ3) is 6.34. The van der Waals surface area contributed by atoms with Crippen molar-refractivity contribution in [1.29, 1.82) is 0 Å². The second-order valence-corrected chi connectivity index (χ2v) is 5.53. The summed E-state index contributed by atoms with van der Waals surface area (Å²) < 4.78 is 0. The van der Waals surface area contributed by atoms with Crippen LogP contribution in [0.2, 0.25) is 10.0 Å². The number of terminal acetylenes is 1. The van der Waals surface area contributed by atoms with Gasteiger partial charge in [0.05, 0.1) is 0 Å². The lowest BCUT2D eigenvalue weighted by Crippen LogP contribution is -2.31. The molecule has 0 radical (unpaired) electrons. The molecule has 0 aliphatic carbocycles. The van der Waals surface area contributed by atoms with Crippen LogP contribution in [-0.4, -0.2) is 12.6 Å². The van der Waals surface area contributed by atoms with Crippen molar-refractivity contribution in [2.75, 3.05) is 6.54 Å². The fourth-order valence-electron chi connectivity index (χ4n) is 2.03. The molecule has 1 aromatic carbocycles. The smallest absolute Gasteiger partial charge is 0.0453 e. The van der Waals surface area contributed by atoms with E-state index in [1.807, 2.05) is 12.1 Å². The summed E-state index contributed by atoms with van der Waals surface area (Å²) in [7, 11) is 0. The van der Waals surface area contributed by atoms with Gasteiger partial charge in [0.2, 0.25) is 0 Å². The van der Waals surface area contributed by atoms with Crippen LogP contribution in [0.5, 0.6) is 0 Å². The Hall–Kier alpha value is -0.680. The van der Waals surface area contributed by atoms with Gasteiger partial charge in [0, 0.05) is 22.5 Å². The lowest BCUT2D eigenvalue weighted by atomic mass is 10.0. The Morgan fingerprint density at radius 3 is 2.79 bits per heavy atom. The first-order valence-electron chi connectivity index (χ1n) is 6.78. The Morgan fingerprint density at radius 1 is 1.37 bits per heavy atom. The van der Waals surface area contributed by atoms with Crippen LogP contribution in [0.1, 0.15) is 38.2 Å². The first kappa shape index (κ1) is 16.4. The SMILES string of the molecule is C#CCCCC(Cc1ccc(Cl)cc1Cl)NCCC. The zero-order chi connectivity index (χ0) is 14.1. The van der Waals surface area contributed by atoms with Crippen molar-refractivity contribution in [1.82, 2.24) is 5.32 Å². The van der Waals surface area contributed by atoms with Gasteiger partial charge in [0.15, 0.2) is 0 Å². The summed E-state index contributed by atoms with van der Waals surface area (Å²) in [5, 5.41) is 4.98. The first-order chi connectivity index (χ1) is 9.17. The summed E-state index contributed by atoms with van der Waals surface area (Å²) >= 11 is 12.1. The Morgan fingerprint density at radius 2 is 2.16 bits per heavy atom. The van der Waals surface area contributed by atoms with Gasteiger partial charge in [-0.15, -0.1) is 12.3 Å². The van der Waals surface area contributed by atoms with E-state index < -0.39 is 0 Å². The van der Waals surface area contributed by atoms with E-state index in [2.05, 4.69) is 18.2 Å². The first-order valence-corrected chi connectivity index (χ1v) is 7.53. The third-order valence-corrected chi connectivity index (χ3v) is 3.63. The molecule has 0 saturated heterocycles. The van der Waals surface area contributed by atoms with Crippen LogP contribution in [-0.2, 0) is 6.42 Å². The highest BCUT2D eigenvalue weighted by molar-refractivity contribution is 6.35. The zero-order valence-electron chi connectivity index (χ0n) is 11.4. The second-order valence-electron chi connectivity index (χ2n) is 4.69. The van der Waals surface area contributed by atoms with Crippen molar-refractivity contribution >= 4 is 23.2 Å². The Labute approximate surface area is 126 Å². The highest BCUT2D eigenvalue weighted by Gasteiger charge is 2.11. The van der Waals surface area contributed by atoms with Gasteiger partial charge < -0.3 is 5.32 Å². The fraction of sp³-hybridized carbons (Fsp3) is 0.500. The summed E-state index contributed by atoms with van der Waals surface area (Å²) in [4.78, 5) is 0. The van der Waals surface area contributed by atoms with Gasteiger partial charge >= 0.3 is 0 Å². The van der Waals surface area contributed by atoms with E-state index >= 15 is 0 Å². The second kappa shape index (κ2) is 9.26. The van der Waals surface area contributed by atoms with Crippen molar-refractivity contribution in [2.45, 2.75) is 45.1 Å². The van der Waals surface area contributed by atoms with E-state index in [0.717, 1.165) is 49.2 Å². The molecule has 0 aromatic heterocycles. The highest BCUT2D eigenvalue weighted by atomic mass is 35.5. The topological polar surface area (TPSA) is 12.0 Å². The fourth-order valence-corrected chi connectivity index (χ4v) is 2.51. The van der Waals surface area contributed by atoms with Crippen LogP contribution in [0.3, 0.4) is 0 Å². The zero-order valence-corrected chi connectivity index (χ0v) is 12.9. The maximum Gasteiger partial charge on any atom is 0.0453 e. The number of hydrogen-bond donors (Lipinski definition) is 1. The molecule has 0 amide bonds. The number of hydrogen-bond acceptors (Lipinski definition) is 1. The van der Waals surface area contributed by atoms with Gasteiger partial charge in [0.25, 0.3) is 0 Å². The Kier molecular flexibility index (Phi) is 7.98. The lowest BCUT2D eigenvalue weighted by molar-refractivity contribution is 0.467. The van der Waals surface area contributed by atoms with E-state index in [4.69, 9.17) is 29.6 Å². The van der Waals surface area contributed by atoms with E-state index in [1.165, 1.54) is 0 Å². The molecular weight excluding hydrogens is 277 g/mol. The molecule has 1 N–H and O–H groups in total. The summed E-state index contributed by atoms with van der Waals surface area (Å²) in [6.45, 7) is 3.19. The molecule has 104 valence electrons. The number of nitrogens with one attached hydrogen (secondary N) is 1. The van der Waals surface area contributed by atoms with E-state index in [-0.39, 0.29) is 0 Å². The van der Waals surface area contributed by atoms with Crippen LogP contribution in [0, 0.1) is 12.3 Å². The lowest BCUT2D eigenvalue weighted by Gasteiger charge is -2.19. The summed E-state index contributed by atoms with van der Waals surface area (Å²) in [5.74, 6) is 2.69. The van der Waals surface area contributed by atoms with Crippen molar-refractivity contribution in [3.8, 4) is 12.3 Å². The van der Waals surface area contributed by atoms with Crippen molar-refractivity contribution in [3.05, 3.63) is 33.8 Å². The Bertz CT molecular complexity index is 423. The van der Waals surface area contributed by atoms with Crippen molar-refractivity contribution in [2.24, 2.45) is 0 Å². The Balaban J connectivity index is 2.61. The summed E-state index contributed by atoms with van der Waals surface area (Å²) in [5.41, 5.74) is 1.14.